The fourth-order valence-corrected chi connectivity index (χ4v) is 3.31. The van der Waals surface area contributed by atoms with Crippen LogP contribution in [0.5, 0.6) is 0 Å². The predicted molar refractivity (Wildman–Crippen MR) is 89.5 cm³/mol. The fraction of sp³-hybridized carbons (Fsp3) is 0.263. The van der Waals surface area contributed by atoms with Crippen LogP contribution in [0.15, 0.2) is 48.5 Å². The van der Waals surface area contributed by atoms with Gasteiger partial charge in [0, 0.05) is 13.0 Å². The van der Waals surface area contributed by atoms with Gasteiger partial charge in [-0.15, -0.1) is 0 Å². The fourth-order valence-electron chi connectivity index (χ4n) is 3.31. The minimum Gasteiger partial charge on any atom is -0.467 e. The minimum absolute atomic E-state index is 0.108. The molecule has 1 amide bonds. The third kappa shape index (κ3) is 2.78. The molecule has 2 aromatic carbocycles. The number of carbonyl (C=O) groups excluding carboxylic acids is 2. The molecule has 0 bridgehead atoms. The molecule has 1 aliphatic carbocycles. The first kappa shape index (κ1) is 16.2. The number of esters is 1. The third-order valence-electron chi connectivity index (χ3n) is 4.26. The lowest BCUT2D eigenvalue weighted by molar-refractivity contribution is -0.145. The average molecular weight is 325 g/mol. The van der Waals surface area contributed by atoms with Crippen molar-refractivity contribution in [3.8, 4) is 11.1 Å². The van der Waals surface area contributed by atoms with Crippen LogP contribution in [0.4, 0.5) is 0 Å². The summed E-state index contributed by atoms with van der Waals surface area (Å²) in [4.78, 5) is 24.4. The molecule has 1 N–H and O–H groups in total. The Bertz CT molecular complexity index is 726. The number of methoxy groups -OCH3 is 2. The van der Waals surface area contributed by atoms with Crippen LogP contribution in [0.1, 0.15) is 17.0 Å². The van der Waals surface area contributed by atoms with Gasteiger partial charge in [0.15, 0.2) is 0 Å². The molecule has 1 aliphatic rings. The SMILES string of the molecule is COCC(=O)N[C@@H](C(=O)OC)C1c2ccccc2-c2ccccc21. The van der Waals surface area contributed by atoms with Crippen LogP contribution in [0.25, 0.3) is 11.1 Å². The number of benzene rings is 2. The molecule has 0 aliphatic heterocycles. The lowest BCUT2D eigenvalue weighted by Crippen LogP contribution is -2.46. The first-order valence-electron chi connectivity index (χ1n) is 7.71. The average Bonchev–Trinajstić information content (AvgIpc) is 2.94. The van der Waals surface area contributed by atoms with E-state index in [0.29, 0.717) is 0 Å². The lowest BCUT2D eigenvalue weighted by Gasteiger charge is -2.24. The molecule has 5 heteroatoms. The molecule has 0 saturated carbocycles. The zero-order valence-electron chi connectivity index (χ0n) is 13.6. The van der Waals surface area contributed by atoms with E-state index in [-0.39, 0.29) is 18.4 Å². The van der Waals surface area contributed by atoms with Gasteiger partial charge in [0.1, 0.15) is 12.6 Å². The Hall–Kier alpha value is -2.66. The van der Waals surface area contributed by atoms with Crippen LogP contribution in [0, 0.1) is 0 Å². The van der Waals surface area contributed by atoms with Crippen LogP contribution in [-0.2, 0) is 19.1 Å². The molecule has 2 aromatic rings. The number of rotatable bonds is 5. The van der Waals surface area contributed by atoms with Crippen molar-refractivity contribution in [3.05, 3.63) is 59.7 Å². The summed E-state index contributed by atoms with van der Waals surface area (Å²) in [7, 11) is 2.76. The molecule has 0 unspecified atom stereocenters. The summed E-state index contributed by atoms with van der Waals surface area (Å²) in [6.07, 6.45) is 0. The topological polar surface area (TPSA) is 64.6 Å². The number of fused-ring (bicyclic) bond motifs is 3. The molecule has 124 valence electrons. The maximum atomic E-state index is 12.4. The molecule has 0 fully saturated rings. The van der Waals surface area contributed by atoms with Gasteiger partial charge in [-0.3, -0.25) is 4.79 Å². The quantitative estimate of drug-likeness (QED) is 0.855. The maximum Gasteiger partial charge on any atom is 0.329 e. The maximum absolute atomic E-state index is 12.4. The summed E-state index contributed by atoms with van der Waals surface area (Å²) in [6, 6.07) is 15.0. The molecule has 5 nitrogen and oxygen atoms in total. The Morgan fingerprint density at radius 1 is 1.00 bits per heavy atom. The van der Waals surface area contributed by atoms with Gasteiger partial charge in [0.05, 0.1) is 7.11 Å². The van der Waals surface area contributed by atoms with Crippen LogP contribution in [-0.4, -0.2) is 38.7 Å². The summed E-state index contributed by atoms with van der Waals surface area (Å²) in [5.41, 5.74) is 4.17. The molecule has 24 heavy (non-hydrogen) atoms. The number of carbonyl (C=O) groups is 2. The molecule has 3 rings (SSSR count). The molecule has 0 spiro atoms. The van der Waals surface area contributed by atoms with Crippen LogP contribution >= 0.6 is 0 Å². The van der Waals surface area contributed by atoms with Crippen LogP contribution in [0.3, 0.4) is 0 Å². The molecule has 0 aromatic heterocycles. The number of hydrogen-bond donors (Lipinski definition) is 1. The van der Waals surface area contributed by atoms with E-state index in [1.807, 2.05) is 48.5 Å². The van der Waals surface area contributed by atoms with E-state index in [2.05, 4.69) is 5.32 Å². The number of amides is 1. The highest BCUT2D eigenvalue weighted by molar-refractivity contribution is 5.89. The van der Waals surface area contributed by atoms with E-state index < -0.39 is 12.0 Å². The molecular weight excluding hydrogens is 306 g/mol. The van der Waals surface area contributed by atoms with Crippen molar-refractivity contribution in [1.82, 2.24) is 5.32 Å². The van der Waals surface area contributed by atoms with Gasteiger partial charge in [-0.05, 0) is 22.3 Å². The summed E-state index contributed by atoms with van der Waals surface area (Å²) >= 11 is 0. The van der Waals surface area contributed by atoms with Crippen molar-refractivity contribution >= 4 is 11.9 Å². The Labute approximate surface area is 140 Å². The summed E-state index contributed by atoms with van der Waals surface area (Å²) in [6.45, 7) is -0.108. The van der Waals surface area contributed by atoms with Gasteiger partial charge in [-0.1, -0.05) is 48.5 Å². The lowest BCUT2D eigenvalue weighted by atomic mass is 9.89. The van der Waals surface area contributed by atoms with Gasteiger partial charge in [-0.2, -0.15) is 0 Å². The van der Waals surface area contributed by atoms with Gasteiger partial charge in [-0.25, -0.2) is 4.79 Å². The zero-order chi connectivity index (χ0) is 17.1. The third-order valence-corrected chi connectivity index (χ3v) is 4.26. The van der Waals surface area contributed by atoms with Crippen molar-refractivity contribution in [1.29, 1.82) is 0 Å². The Balaban J connectivity index is 2.07. The zero-order valence-corrected chi connectivity index (χ0v) is 13.6. The number of hydrogen-bond acceptors (Lipinski definition) is 4. The normalized spacial score (nSPS) is 13.8. The number of nitrogens with one attached hydrogen (secondary N) is 1. The van der Waals surface area contributed by atoms with E-state index in [1.165, 1.54) is 14.2 Å². The highest BCUT2D eigenvalue weighted by Gasteiger charge is 2.39. The van der Waals surface area contributed by atoms with E-state index in [0.717, 1.165) is 22.3 Å². The van der Waals surface area contributed by atoms with Gasteiger partial charge < -0.3 is 14.8 Å². The van der Waals surface area contributed by atoms with Crippen molar-refractivity contribution in [3.63, 3.8) is 0 Å². The second kappa shape index (κ2) is 6.84. The van der Waals surface area contributed by atoms with E-state index in [4.69, 9.17) is 9.47 Å². The first-order chi connectivity index (χ1) is 11.7. The van der Waals surface area contributed by atoms with E-state index >= 15 is 0 Å². The molecular formula is C19H19NO4. The first-order valence-corrected chi connectivity index (χ1v) is 7.71. The second-order valence-corrected chi connectivity index (χ2v) is 5.65. The highest BCUT2D eigenvalue weighted by atomic mass is 16.5. The summed E-state index contributed by atoms with van der Waals surface area (Å²) in [5.74, 6) is -1.11. The Morgan fingerprint density at radius 3 is 2.04 bits per heavy atom. The van der Waals surface area contributed by atoms with Gasteiger partial charge in [0.2, 0.25) is 5.91 Å². The smallest absolute Gasteiger partial charge is 0.329 e. The Morgan fingerprint density at radius 2 is 1.54 bits per heavy atom. The van der Waals surface area contributed by atoms with Gasteiger partial charge >= 0.3 is 5.97 Å². The standard InChI is InChI=1S/C19H19NO4/c1-23-11-16(21)20-18(19(22)24-2)17-14-9-5-3-7-12(14)13-8-4-6-10-15(13)17/h3-10,17-18H,11H2,1-2H3,(H,20,21)/t18-/m1/s1. The van der Waals surface area contributed by atoms with Crippen LogP contribution < -0.4 is 5.32 Å². The summed E-state index contributed by atoms with van der Waals surface area (Å²) in [5, 5.41) is 2.75. The van der Waals surface area contributed by atoms with Crippen LogP contribution in [0.2, 0.25) is 0 Å². The summed E-state index contributed by atoms with van der Waals surface area (Å²) < 4.78 is 9.79. The highest BCUT2D eigenvalue weighted by Crippen LogP contribution is 2.46. The molecule has 1 atom stereocenters. The van der Waals surface area contributed by atoms with Crippen molar-refractivity contribution in [2.75, 3.05) is 20.8 Å². The second-order valence-electron chi connectivity index (χ2n) is 5.65. The predicted octanol–water partition coefficient (Wildman–Crippen LogP) is 2.10. The minimum atomic E-state index is -0.803. The van der Waals surface area contributed by atoms with E-state index in [9.17, 15) is 9.59 Å². The monoisotopic (exact) mass is 325 g/mol. The van der Waals surface area contributed by atoms with Gasteiger partial charge in [0.25, 0.3) is 0 Å². The molecule has 0 saturated heterocycles. The Kier molecular flexibility index (Phi) is 4.62. The van der Waals surface area contributed by atoms with Crippen molar-refractivity contribution in [2.45, 2.75) is 12.0 Å². The number of ether oxygens (including phenoxy) is 2. The van der Waals surface area contributed by atoms with Crippen molar-refractivity contribution < 1.29 is 19.1 Å². The largest absolute Gasteiger partial charge is 0.467 e. The molecule has 0 heterocycles. The van der Waals surface area contributed by atoms with E-state index in [1.54, 1.807) is 0 Å². The van der Waals surface area contributed by atoms with Crippen molar-refractivity contribution in [2.24, 2.45) is 0 Å². The molecule has 0 radical (unpaired) electrons.